The molecule has 126 valence electrons. The average molecular weight is 322 g/mol. The first-order valence-corrected chi connectivity index (χ1v) is 7.21. The summed E-state index contributed by atoms with van der Waals surface area (Å²) in [4.78, 5) is 19.0. The van der Waals surface area contributed by atoms with Gasteiger partial charge in [0.2, 0.25) is 0 Å². The molecule has 0 aliphatic carbocycles. The van der Waals surface area contributed by atoms with Crippen LogP contribution in [0.15, 0.2) is 17.1 Å². The molecule has 1 unspecified atom stereocenters. The van der Waals surface area contributed by atoms with Gasteiger partial charge in [0.05, 0.1) is 12.0 Å². The van der Waals surface area contributed by atoms with Crippen molar-refractivity contribution in [2.75, 3.05) is 39.2 Å². The Morgan fingerprint density at radius 3 is 2.65 bits per heavy atom. The maximum Gasteiger partial charge on any atom is 0.294 e. The Morgan fingerprint density at radius 2 is 2.17 bits per heavy atom. The number of hydrogen-bond donors (Lipinski definition) is 2. The van der Waals surface area contributed by atoms with Crippen LogP contribution in [0.25, 0.3) is 0 Å². The van der Waals surface area contributed by atoms with Crippen LogP contribution >= 0.6 is 0 Å². The normalized spacial score (nSPS) is 17.4. The fourth-order valence-corrected chi connectivity index (χ4v) is 2.72. The first-order valence-electron chi connectivity index (χ1n) is 7.21. The van der Waals surface area contributed by atoms with E-state index in [1.165, 1.54) is 13.2 Å². The lowest BCUT2D eigenvalue weighted by molar-refractivity contribution is -0.384. The molecule has 0 bridgehead atoms. The largest absolute Gasteiger partial charge is 0.494 e. The second-order valence-corrected chi connectivity index (χ2v) is 5.66. The molecule has 1 aliphatic heterocycles. The van der Waals surface area contributed by atoms with Crippen molar-refractivity contribution in [2.24, 2.45) is 16.5 Å². The van der Waals surface area contributed by atoms with E-state index in [9.17, 15) is 10.1 Å². The molecule has 1 saturated heterocycles. The number of nitro groups is 1. The van der Waals surface area contributed by atoms with Crippen molar-refractivity contribution in [3.63, 3.8) is 0 Å². The highest BCUT2D eigenvalue weighted by molar-refractivity contribution is 5.82. The van der Waals surface area contributed by atoms with Gasteiger partial charge in [-0.3, -0.25) is 10.1 Å². The number of aliphatic imine (C=N–C) groups is 1. The summed E-state index contributed by atoms with van der Waals surface area (Å²) in [5.74, 6) is 0.214. The summed E-state index contributed by atoms with van der Waals surface area (Å²) in [5, 5.41) is 11.4. The van der Waals surface area contributed by atoms with E-state index in [1.807, 2.05) is 19.0 Å². The standard InChI is InChI=1S/C14H22N6O3/c1-18(2)9-4-5-19(8-9)11-7-13(23-3)10(17-14(15)16)6-12(11)20(21)22/h6-7,9H,4-5,8H2,1-3H3,(H4,15,16,17). The predicted molar refractivity (Wildman–Crippen MR) is 89.4 cm³/mol. The van der Waals surface area contributed by atoms with Gasteiger partial charge in [0, 0.05) is 31.3 Å². The zero-order valence-electron chi connectivity index (χ0n) is 13.5. The molecule has 0 radical (unpaired) electrons. The minimum Gasteiger partial charge on any atom is -0.494 e. The molecule has 1 aromatic carbocycles. The lowest BCUT2D eigenvalue weighted by Crippen LogP contribution is -2.31. The number of nitrogens with two attached hydrogens (primary N) is 2. The van der Waals surface area contributed by atoms with Crippen LogP contribution in [0.2, 0.25) is 0 Å². The average Bonchev–Trinajstić information content (AvgIpc) is 2.96. The van der Waals surface area contributed by atoms with Crippen molar-refractivity contribution in [2.45, 2.75) is 12.5 Å². The lowest BCUT2D eigenvalue weighted by Gasteiger charge is -2.22. The molecule has 23 heavy (non-hydrogen) atoms. The molecule has 1 fully saturated rings. The summed E-state index contributed by atoms with van der Waals surface area (Å²) in [6.45, 7) is 1.47. The van der Waals surface area contributed by atoms with E-state index in [4.69, 9.17) is 16.2 Å². The Hall–Kier alpha value is -2.55. The number of anilines is 1. The highest BCUT2D eigenvalue weighted by Crippen LogP contribution is 2.40. The maximum absolute atomic E-state index is 11.4. The van der Waals surface area contributed by atoms with E-state index in [0.717, 1.165) is 19.5 Å². The molecule has 2 rings (SSSR count). The van der Waals surface area contributed by atoms with Crippen molar-refractivity contribution in [1.29, 1.82) is 0 Å². The van der Waals surface area contributed by atoms with Crippen molar-refractivity contribution in [3.8, 4) is 5.75 Å². The number of hydrogen-bond acceptors (Lipinski definition) is 6. The highest BCUT2D eigenvalue weighted by atomic mass is 16.6. The molecule has 9 nitrogen and oxygen atoms in total. The van der Waals surface area contributed by atoms with Crippen LogP contribution in [0.1, 0.15) is 6.42 Å². The van der Waals surface area contributed by atoms with E-state index in [1.54, 1.807) is 6.07 Å². The van der Waals surface area contributed by atoms with E-state index in [-0.39, 0.29) is 17.3 Å². The summed E-state index contributed by atoms with van der Waals surface area (Å²) in [6.07, 6.45) is 0.947. The Balaban J connectivity index is 2.47. The Bertz CT molecular complexity index is 627. The van der Waals surface area contributed by atoms with Gasteiger partial charge in [0.1, 0.15) is 17.1 Å². The maximum atomic E-state index is 11.4. The molecular weight excluding hydrogens is 300 g/mol. The number of benzene rings is 1. The first-order chi connectivity index (χ1) is 10.8. The molecule has 0 spiro atoms. The minimum atomic E-state index is -0.427. The van der Waals surface area contributed by atoms with E-state index >= 15 is 0 Å². The zero-order valence-corrected chi connectivity index (χ0v) is 13.5. The molecular formula is C14H22N6O3. The van der Waals surface area contributed by atoms with Crippen molar-refractivity contribution < 1.29 is 9.66 Å². The molecule has 1 atom stereocenters. The van der Waals surface area contributed by atoms with Gasteiger partial charge in [-0.05, 0) is 20.5 Å². The van der Waals surface area contributed by atoms with Gasteiger partial charge < -0.3 is 26.0 Å². The zero-order chi connectivity index (χ0) is 17.1. The van der Waals surface area contributed by atoms with Crippen LogP contribution < -0.4 is 21.1 Å². The number of ether oxygens (including phenoxy) is 1. The van der Waals surface area contributed by atoms with Crippen LogP contribution in [-0.2, 0) is 0 Å². The van der Waals surface area contributed by atoms with E-state index in [2.05, 4.69) is 9.89 Å². The van der Waals surface area contributed by atoms with Crippen LogP contribution in [0.3, 0.4) is 0 Å². The van der Waals surface area contributed by atoms with Crippen LogP contribution in [0.4, 0.5) is 17.1 Å². The number of nitrogens with zero attached hydrogens (tertiary/aromatic N) is 4. The summed E-state index contributed by atoms with van der Waals surface area (Å²) in [5.41, 5.74) is 11.5. The van der Waals surface area contributed by atoms with Gasteiger partial charge in [-0.2, -0.15) is 0 Å². The summed E-state index contributed by atoms with van der Waals surface area (Å²) >= 11 is 0. The van der Waals surface area contributed by atoms with Crippen LogP contribution in [-0.4, -0.2) is 56.1 Å². The van der Waals surface area contributed by atoms with Gasteiger partial charge in [-0.1, -0.05) is 0 Å². The highest BCUT2D eigenvalue weighted by Gasteiger charge is 2.30. The van der Waals surface area contributed by atoms with Crippen LogP contribution in [0.5, 0.6) is 5.75 Å². The number of rotatable bonds is 5. The Labute approximate surface area is 134 Å². The minimum absolute atomic E-state index is 0.0368. The number of guanidine groups is 1. The third-order valence-corrected chi connectivity index (χ3v) is 3.96. The third kappa shape index (κ3) is 3.62. The summed E-state index contributed by atoms with van der Waals surface area (Å²) < 4.78 is 5.28. The van der Waals surface area contributed by atoms with Crippen molar-refractivity contribution in [1.82, 2.24) is 4.90 Å². The van der Waals surface area contributed by atoms with Crippen molar-refractivity contribution in [3.05, 3.63) is 22.2 Å². The van der Waals surface area contributed by atoms with Crippen molar-refractivity contribution >= 4 is 23.0 Å². The Morgan fingerprint density at radius 1 is 1.48 bits per heavy atom. The number of likely N-dealkylation sites (N-methyl/N-ethyl adjacent to an activating group) is 1. The SMILES string of the molecule is COc1cc(N2CCC(N(C)C)C2)c([N+](=O)[O-])cc1N=C(N)N. The van der Waals surface area contributed by atoms with E-state index in [0.29, 0.717) is 17.5 Å². The lowest BCUT2D eigenvalue weighted by atomic mass is 10.2. The first kappa shape index (κ1) is 16.8. The molecule has 0 aromatic heterocycles. The number of methoxy groups -OCH3 is 1. The summed E-state index contributed by atoms with van der Waals surface area (Å²) in [7, 11) is 5.49. The molecule has 0 saturated carbocycles. The number of nitro benzene ring substituents is 1. The monoisotopic (exact) mass is 322 g/mol. The smallest absolute Gasteiger partial charge is 0.294 e. The van der Waals surface area contributed by atoms with Gasteiger partial charge in [0.25, 0.3) is 5.69 Å². The molecule has 4 N–H and O–H groups in total. The Kier molecular flexibility index (Phi) is 4.89. The van der Waals surface area contributed by atoms with E-state index < -0.39 is 4.92 Å². The molecule has 1 aliphatic rings. The second-order valence-electron chi connectivity index (χ2n) is 5.66. The van der Waals surface area contributed by atoms with Gasteiger partial charge >= 0.3 is 0 Å². The molecule has 1 heterocycles. The predicted octanol–water partition coefficient (Wildman–Crippen LogP) is 0.649. The van der Waals surface area contributed by atoms with Gasteiger partial charge in [-0.25, -0.2) is 4.99 Å². The fourth-order valence-electron chi connectivity index (χ4n) is 2.72. The quantitative estimate of drug-likeness (QED) is 0.353. The summed E-state index contributed by atoms with van der Waals surface area (Å²) in [6, 6.07) is 3.33. The third-order valence-electron chi connectivity index (χ3n) is 3.96. The molecule has 9 heteroatoms. The fraction of sp³-hybridized carbons (Fsp3) is 0.500. The molecule has 0 amide bonds. The van der Waals surface area contributed by atoms with Gasteiger partial charge in [0.15, 0.2) is 5.96 Å². The molecule has 1 aromatic rings. The van der Waals surface area contributed by atoms with Crippen LogP contribution in [0, 0.1) is 10.1 Å². The second kappa shape index (κ2) is 6.69. The topological polar surface area (TPSA) is 123 Å². The van der Waals surface area contributed by atoms with Gasteiger partial charge in [-0.15, -0.1) is 0 Å².